The molecule has 0 aromatic rings. The van der Waals surface area contributed by atoms with Crippen LogP contribution in [-0.2, 0) is 4.74 Å². The molecule has 0 amide bonds. The largest absolute Gasteiger partial charge is 0.376 e. The summed E-state index contributed by atoms with van der Waals surface area (Å²) in [6, 6.07) is 0. The van der Waals surface area contributed by atoms with E-state index < -0.39 is 0 Å². The maximum atomic E-state index is 5.23. The van der Waals surface area contributed by atoms with Crippen LogP contribution in [0.3, 0.4) is 0 Å². The predicted molar refractivity (Wildman–Crippen MR) is 66.1 cm³/mol. The standard InChI is InChI=1S/C6H14O.C6H14.H3N/c1-5-7-6(2,3)4;1-4-6(3)5-2;/h5H2,1-4H3;6H,4-5H2,1-3H3;1H3. The van der Waals surface area contributed by atoms with Crippen LogP contribution in [0.25, 0.3) is 0 Å². The smallest absolute Gasteiger partial charge is 0.0598 e. The second-order valence-corrected chi connectivity index (χ2v) is 4.47. The molecule has 0 aromatic carbocycles. The molecule has 0 aliphatic carbocycles. The Bertz CT molecular complexity index is 93.0. The van der Waals surface area contributed by atoms with E-state index in [4.69, 9.17) is 4.74 Å². The van der Waals surface area contributed by atoms with Crippen LogP contribution >= 0.6 is 0 Å². The second kappa shape index (κ2) is 11.0. The fourth-order valence-corrected chi connectivity index (χ4v) is 0.722. The highest BCUT2D eigenvalue weighted by molar-refractivity contribution is 4.56. The van der Waals surface area contributed by atoms with Crippen LogP contribution in [-0.4, -0.2) is 12.2 Å². The van der Waals surface area contributed by atoms with E-state index in [0.29, 0.717) is 0 Å². The highest BCUT2D eigenvalue weighted by Gasteiger charge is 2.06. The maximum Gasteiger partial charge on any atom is 0.0598 e. The summed E-state index contributed by atoms with van der Waals surface area (Å²) < 4.78 is 5.23. The van der Waals surface area contributed by atoms with Crippen molar-refractivity contribution >= 4 is 0 Å². The lowest BCUT2D eigenvalue weighted by molar-refractivity contribution is 0.00532. The minimum atomic E-state index is 0. The molecule has 0 aliphatic rings. The molecule has 3 N–H and O–H groups in total. The van der Waals surface area contributed by atoms with E-state index in [1.165, 1.54) is 12.8 Å². The molecule has 0 bridgehead atoms. The third kappa shape index (κ3) is 22.7. The van der Waals surface area contributed by atoms with E-state index in [1.807, 2.05) is 6.92 Å². The van der Waals surface area contributed by atoms with Crippen molar-refractivity contribution < 1.29 is 4.74 Å². The molecule has 0 radical (unpaired) electrons. The molecule has 0 saturated carbocycles. The van der Waals surface area contributed by atoms with Crippen molar-refractivity contribution in [2.45, 2.75) is 66.9 Å². The zero-order chi connectivity index (χ0) is 10.9. The Balaban J connectivity index is -0.000000163. The van der Waals surface area contributed by atoms with Gasteiger partial charge in [0.05, 0.1) is 5.60 Å². The van der Waals surface area contributed by atoms with Gasteiger partial charge in [-0.15, -0.1) is 0 Å². The Morgan fingerprint density at radius 1 is 1.00 bits per heavy atom. The van der Waals surface area contributed by atoms with E-state index in [2.05, 4.69) is 41.5 Å². The van der Waals surface area contributed by atoms with Crippen LogP contribution in [0.4, 0.5) is 0 Å². The molecule has 0 rings (SSSR count). The minimum Gasteiger partial charge on any atom is -0.376 e. The molecule has 0 atom stereocenters. The molecule has 0 aliphatic heterocycles. The zero-order valence-corrected chi connectivity index (χ0v) is 11.3. The number of rotatable bonds is 3. The highest BCUT2D eigenvalue weighted by atomic mass is 16.5. The van der Waals surface area contributed by atoms with Crippen LogP contribution in [0.1, 0.15) is 61.3 Å². The minimum absolute atomic E-state index is 0. The van der Waals surface area contributed by atoms with Gasteiger partial charge in [0, 0.05) is 6.61 Å². The van der Waals surface area contributed by atoms with E-state index in [1.54, 1.807) is 0 Å². The fraction of sp³-hybridized carbons (Fsp3) is 1.00. The van der Waals surface area contributed by atoms with E-state index in [9.17, 15) is 0 Å². The van der Waals surface area contributed by atoms with E-state index in [0.717, 1.165) is 12.5 Å². The molecule has 14 heavy (non-hydrogen) atoms. The van der Waals surface area contributed by atoms with Gasteiger partial charge in [-0.3, -0.25) is 0 Å². The SMILES string of the molecule is CCC(C)CC.CCOC(C)(C)C.N. The van der Waals surface area contributed by atoms with Gasteiger partial charge in [0.1, 0.15) is 0 Å². The topological polar surface area (TPSA) is 44.2 Å². The molecule has 0 aromatic heterocycles. The monoisotopic (exact) mass is 205 g/mol. The van der Waals surface area contributed by atoms with Gasteiger partial charge in [0.15, 0.2) is 0 Å². The summed E-state index contributed by atoms with van der Waals surface area (Å²) in [5.41, 5.74) is 0.0503. The number of ether oxygens (including phenoxy) is 1. The van der Waals surface area contributed by atoms with Crippen molar-refractivity contribution in [2.75, 3.05) is 6.61 Å². The zero-order valence-electron chi connectivity index (χ0n) is 11.3. The maximum absolute atomic E-state index is 5.23. The van der Waals surface area contributed by atoms with Gasteiger partial charge in [0.25, 0.3) is 0 Å². The molecular formula is C12H31NO. The quantitative estimate of drug-likeness (QED) is 0.741. The van der Waals surface area contributed by atoms with Crippen molar-refractivity contribution in [3.05, 3.63) is 0 Å². The van der Waals surface area contributed by atoms with Crippen LogP contribution in [0.5, 0.6) is 0 Å². The second-order valence-electron chi connectivity index (χ2n) is 4.47. The molecule has 0 unspecified atom stereocenters. The first-order valence-corrected chi connectivity index (χ1v) is 5.51. The Hall–Kier alpha value is -0.0800. The summed E-state index contributed by atoms with van der Waals surface area (Å²) in [5, 5.41) is 0. The average molecular weight is 205 g/mol. The summed E-state index contributed by atoms with van der Waals surface area (Å²) in [6.07, 6.45) is 2.66. The predicted octanol–water partition coefficient (Wildman–Crippen LogP) is 4.43. The molecular weight excluding hydrogens is 174 g/mol. The normalized spacial score (nSPS) is 10.3. The highest BCUT2D eigenvalue weighted by Crippen LogP contribution is 2.04. The lowest BCUT2D eigenvalue weighted by Gasteiger charge is -2.17. The molecule has 0 fully saturated rings. The Labute approximate surface area is 91.0 Å². The van der Waals surface area contributed by atoms with Gasteiger partial charge < -0.3 is 10.9 Å². The molecule has 2 nitrogen and oxygen atoms in total. The van der Waals surface area contributed by atoms with Gasteiger partial charge in [-0.25, -0.2) is 0 Å². The molecule has 0 spiro atoms. The van der Waals surface area contributed by atoms with Crippen LogP contribution < -0.4 is 6.15 Å². The van der Waals surface area contributed by atoms with Gasteiger partial charge in [-0.1, -0.05) is 33.6 Å². The first-order valence-electron chi connectivity index (χ1n) is 5.51. The van der Waals surface area contributed by atoms with Crippen LogP contribution in [0, 0.1) is 5.92 Å². The van der Waals surface area contributed by atoms with Crippen molar-refractivity contribution in [3.8, 4) is 0 Å². The van der Waals surface area contributed by atoms with Crippen molar-refractivity contribution in [2.24, 2.45) is 5.92 Å². The van der Waals surface area contributed by atoms with Gasteiger partial charge in [-0.05, 0) is 33.6 Å². The van der Waals surface area contributed by atoms with Gasteiger partial charge in [0.2, 0.25) is 0 Å². The molecule has 2 heteroatoms. The first kappa shape index (κ1) is 19.5. The molecule has 0 saturated heterocycles. The Morgan fingerprint density at radius 2 is 1.36 bits per heavy atom. The number of hydrogen-bond donors (Lipinski definition) is 1. The molecule has 0 heterocycles. The lowest BCUT2D eigenvalue weighted by Crippen LogP contribution is -2.18. The van der Waals surface area contributed by atoms with Crippen LogP contribution in [0.2, 0.25) is 0 Å². The summed E-state index contributed by atoms with van der Waals surface area (Å²) >= 11 is 0. The van der Waals surface area contributed by atoms with Crippen LogP contribution in [0.15, 0.2) is 0 Å². The Morgan fingerprint density at radius 3 is 1.36 bits per heavy atom. The van der Waals surface area contributed by atoms with Gasteiger partial charge >= 0.3 is 0 Å². The lowest BCUT2D eigenvalue weighted by atomic mass is 10.1. The molecule has 90 valence electrons. The summed E-state index contributed by atoms with van der Waals surface area (Å²) in [6.45, 7) is 15.7. The van der Waals surface area contributed by atoms with E-state index >= 15 is 0 Å². The van der Waals surface area contributed by atoms with Crippen molar-refractivity contribution in [1.29, 1.82) is 0 Å². The van der Waals surface area contributed by atoms with Crippen molar-refractivity contribution in [3.63, 3.8) is 0 Å². The van der Waals surface area contributed by atoms with Crippen molar-refractivity contribution in [1.82, 2.24) is 6.15 Å². The Kier molecular flexibility index (Phi) is 15.3. The summed E-state index contributed by atoms with van der Waals surface area (Å²) in [4.78, 5) is 0. The summed E-state index contributed by atoms with van der Waals surface area (Å²) in [5.74, 6) is 0.935. The summed E-state index contributed by atoms with van der Waals surface area (Å²) in [7, 11) is 0. The average Bonchev–Trinajstić information content (AvgIpc) is 2.02. The fourth-order valence-electron chi connectivity index (χ4n) is 0.722. The van der Waals surface area contributed by atoms with Gasteiger partial charge in [-0.2, -0.15) is 0 Å². The van der Waals surface area contributed by atoms with E-state index in [-0.39, 0.29) is 11.8 Å². The third-order valence-corrected chi connectivity index (χ3v) is 1.97. The third-order valence-electron chi connectivity index (χ3n) is 1.97. The number of hydrogen-bond acceptors (Lipinski definition) is 2. The first-order chi connectivity index (χ1) is 5.87.